The predicted octanol–water partition coefficient (Wildman–Crippen LogP) is 1.76. The molecule has 10 heteroatoms. The van der Waals surface area contributed by atoms with Crippen LogP contribution in [-0.2, 0) is 19.6 Å². The molecular weight excluding hydrogens is 386 g/mol. The van der Waals surface area contributed by atoms with Crippen LogP contribution in [0.5, 0.6) is 0 Å². The van der Waals surface area contributed by atoms with Crippen molar-refractivity contribution in [2.24, 2.45) is 0 Å². The first-order valence-corrected chi connectivity index (χ1v) is 10.9. The van der Waals surface area contributed by atoms with Crippen molar-refractivity contribution in [2.45, 2.75) is 51.2 Å². The van der Waals surface area contributed by atoms with Crippen LogP contribution in [0.1, 0.15) is 49.4 Å². The van der Waals surface area contributed by atoms with Gasteiger partial charge in [-0.3, -0.25) is 14.8 Å². The number of benzene rings is 1. The molecule has 1 saturated carbocycles. The molecule has 1 fully saturated rings. The maximum absolute atomic E-state index is 12.3. The van der Waals surface area contributed by atoms with Crippen LogP contribution < -0.4 is 15.4 Å². The second-order valence-corrected chi connectivity index (χ2v) is 8.51. The predicted molar refractivity (Wildman–Crippen MR) is 103 cm³/mol. The lowest BCUT2D eigenvalue weighted by atomic mass is 9.96. The van der Waals surface area contributed by atoms with E-state index in [1.165, 1.54) is 25.1 Å². The molecule has 0 heterocycles. The van der Waals surface area contributed by atoms with Crippen molar-refractivity contribution in [3.8, 4) is 0 Å². The van der Waals surface area contributed by atoms with Crippen molar-refractivity contribution in [1.29, 1.82) is 0 Å². The number of carbonyl (C=O) groups is 3. The number of para-hydroxylation sites is 1. The zero-order chi connectivity index (χ0) is 20.7. The normalized spacial score (nSPS) is 15.9. The molecule has 3 N–H and O–H groups in total. The molecule has 0 radical (unpaired) electrons. The van der Waals surface area contributed by atoms with Crippen LogP contribution in [0.4, 0.5) is 10.5 Å². The average Bonchev–Trinajstić information content (AvgIpc) is 2.61. The van der Waals surface area contributed by atoms with Crippen LogP contribution in [0.3, 0.4) is 0 Å². The summed E-state index contributed by atoms with van der Waals surface area (Å²) >= 11 is 0. The lowest BCUT2D eigenvalue weighted by molar-refractivity contribution is -0.127. The van der Waals surface area contributed by atoms with Crippen LogP contribution in [0.25, 0.3) is 0 Å². The molecule has 0 bridgehead atoms. The van der Waals surface area contributed by atoms with Gasteiger partial charge in [0.15, 0.2) is 6.10 Å². The van der Waals surface area contributed by atoms with Gasteiger partial charge in [-0.05, 0) is 31.9 Å². The van der Waals surface area contributed by atoms with Crippen LogP contribution in [-0.4, -0.2) is 44.7 Å². The van der Waals surface area contributed by atoms with E-state index < -0.39 is 34.0 Å². The van der Waals surface area contributed by atoms with E-state index in [1.807, 2.05) is 0 Å². The molecule has 154 valence electrons. The summed E-state index contributed by atoms with van der Waals surface area (Å²) in [5, 5.41) is 4.90. The van der Waals surface area contributed by atoms with E-state index in [0.717, 1.165) is 38.4 Å². The minimum absolute atomic E-state index is 0.0355. The van der Waals surface area contributed by atoms with Gasteiger partial charge >= 0.3 is 12.0 Å². The number of nitrogens with one attached hydrogen (secondary N) is 3. The van der Waals surface area contributed by atoms with Crippen molar-refractivity contribution < 1.29 is 27.5 Å². The lowest BCUT2D eigenvalue weighted by Crippen LogP contribution is -2.48. The first-order valence-electron chi connectivity index (χ1n) is 9.05. The van der Waals surface area contributed by atoms with E-state index in [0.29, 0.717) is 0 Å². The number of anilines is 1. The average molecular weight is 411 g/mol. The fourth-order valence-corrected chi connectivity index (χ4v) is 3.49. The number of hydrogen-bond acceptors (Lipinski definition) is 6. The number of amides is 3. The summed E-state index contributed by atoms with van der Waals surface area (Å²) in [5.74, 6) is -1.66. The number of sulfonamides is 1. The quantitative estimate of drug-likeness (QED) is 0.612. The Morgan fingerprint density at radius 3 is 2.39 bits per heavy atom. The number of ether oxygens (including phenoxy) is 1. The Balaban J connectivity index is 1.92. The first kappa shape index (κ1) is 21.7. The smallest absolute Gasteiger partial charge is 0.341 e. The number of imide groups is 1. The molecule has 1 aromatic carbocycles. The highest BCUT2D eigenvalue weighted by Gasteiger charge is 2.24. The van der Waals surface area contributed by atoms with Crippen molar-refractivity contribution >= 4 is 33.6 Å². The second kappa shape index (κ2) is 9.54. The third-order valence-corrected chi connectivity index (χ3v) is 4.86. The third kappa shape index (κ3) is 6.84. The molecular formula is C18H25N3O6S. The van der Waals surface area contributed by atoms with E-state index in [2.05, 4.69) is 15.4 Å². The molecule has 2 rings (SSSR count). The Kier molecular flexibility index (Phi) is 7.38. The molecule has 1 aliphatic carbocycles. The monoisotopic (exact) mass is 411 g/mol. The first-order chi connectivity index (χ1) is 13.2. The Morgan fingerprint density at radius 2 is 1.75 bits per heavy atom. The van der Waals surface area contributed by atoms with Gasteiger partial charge in [-0.15, -0.1) is 0 Å². The third-order valence-electron chi connectivity index (χ3n) is 4.27. The van der Waals surface area contributed by atoms with Crippen LogP contribution in [0, 0.1) is 0 Å². The standard InChI is InChI=1S/C18H25N3O6S/c1-12(16(22)20-18(24)19-13-8-4-3-5-9-13)27-17(23)14-10-6-7-11-15(14)21-28(2,25)26/h6-7,10-13,21H,3-5,8-9H2,1-2H3,(H2,19,20,22,24)/t12-/m0/s1. The summed E-state index contributed by atoms with van der Waals surface area (Å²) in [7, 11) is -3.60. The summed E-state index contributed by atoms with van der Waals surface area (Å²) in [6.07, 6.45) is 4.67. The van der Waals surface area contributed by atoms with Gasteiger partial charge in [-0.2, -0.15) is 0 Å². The number of carbonyl (C=O) groups excluding carboxylic acids is 3. The van der Waals surface area contributed by atoms with Crippen LogP contribution in [0.2, 0.25) is 0 Å². The number of esters is 1. The molecule has 1 atom stereocenters. The summed E-state index contributed by atoms with van der Waals surface area (Å²) < 4.78 is 30.1. The summed E-state index contributed by atoms with van der Waals surface area (Å²) in [6.45, 7) is 1.33. The number of rotatable bonds is 6. The van der Waals surface area contributed by atoms with Crippen LogP contribution in [0.15, 0.2) is 24.3 Å². The molecule has 1 aromatic rings. The summed E-state index contributed by atoms with van der Waals surface area (Å²) in [4.78, 5) is 36.4. The lowest BCUT2D eigenvalue weighted by Gasteiger charge is -2.23. The maximum atomic E-state index is 12.3. The topological polar surface area (TPSA) is 131 Å². The molecule has 0 aromatic heterocycles. The highest BCUT2D eigenvalue weighted by molar-refractivity contribution is 7.92. The van der Waals surface area contributed by atoms with E-state index in [4.69, 9.17) is 4.74 Å². The Labute approximate surface area is 164 Å². The molecule has 9 nitrogen and oxygen atoms in total. The van der Waals surface area contributed by atoms with Crippen molar-refractivity contribution in [3.63, 3.8) is 0 Å². The fourth-order valence-electron chi connectivity index (χ4n) is 2.91. The van der Waals surface area contributed by atoms with Crippen molar-refractivity contribution in [2.75, 3.05) is 11.0 Å². The highest BCUT2D eigenvalue weighted by atomic mass is 32.2. The number of urea groups is 1. The van der Waals surface area contributed by atoms with Gasteiger partial charge in [-0.25, -0.2) is 18.0 Å². The molecule has 0 spiro atoms. The Hall–Kier alpha value is -2.62. The van der Waals surface area contributed by atoms with E-state index in [1.54, 1.807) is 6.07 Å². The SMILES string of the molecule is C[C@H](OC(=O)c1ccccc1NS(C)(=O)=O)C(=O)NC(=O)NC1CCCCC1. The Morgan fingerprint density at radius 1 is 1.11 bits per heavy atom. The van der Waals surface area contributed by atoms with Gasteiger partial charge in [-0.1, -0.05) is 31.4 Å². The van der Waals surface area contributed by atoms with Gasteiger partial charge in [0.2, 0.25) is 10.0 Å². The van der Waals surface area contributed by atoms with Gasteiger partial charge in [0.25, 0.3) is 5.91 Å². The van der Waals surface area contributed by atoms with Gasteiger partial charge in [0, 0.05) is 6.04 Å². The minimum Gasteiger partial charge on any atom is -0.449 e. The molecule has 0 unspecified atom stereocenters. The zero-order valence-electron chi connectivity index (χ0n) is 15.9. The van der Waals surface area contributed by atoms with Crippen molar-refractivity contribution in [3.05, 3.63) is 29.8 Å². The molecule has 0 saturated heterocycles. The van der Waals surface area contributed by atoms with Gasteiger partial charge in [0.1, 0.15) is 0 Å². The van der Waals surface area contributed by atoms with E-state index in [-0.39, 0.29) is 17.3 Å². The van der Waals surface area contributed by atoms with Crippen LogP contribution >= 0.6 is 0 Å². The minimum atomic E-state index is -3.60. The zero-order valence-corrected chi connectivity index (χ0v) is 16.7. The van der Waals surface area contributed by atoms with Gasteiger partial charge < -0.3 is 10.1 Å². The second-order valence-electron chi connectivity index (χ2n) is 6.76. The molecule has 3 amide bonds. The van der Waals surface area contributed by atoms with E-state index in [9.17, 15) is 22.8 Å². The molecule has 1 aliphatic rings. The maximum Gasteiger partial charge on any atom is 0.341 e. The van der Waals surface area contributed by atoms with E-state index >= 15 is 0 Å². The fraction of sp³-hybridized carbons (Fsp3) is 0.500. The van der Waals surface area contributed by atoms with Gasteiger partial charge in [0.05, 0.1) is 17.5 Å². The summed E-state index contributed by atoms with van der Waals surface area (Å²) in [5.41, 5.74) is -0.00289. The van der Waals surface area contributed by atoms with Crippen molar-refractivity contribution in [1.82, 2.24) is 10.6 Å². The molecule has 28 heavy (non-hydrogen) atoms. The summed E-state index contributed by atoms with van der Waals surface area (Å²) in [6, 6.07) is 5.27. The Bertz CT molecular complexity index is 833. The highest BCUT2D eigenvalue weighted by Crippen LogP contribution is 2.18. The molecule has 0 aliphatic heterocycles. The number of hydrogen-bond donors (Lipinski definition) is 3. The largest absolute Gasteiger partial charge is 0.449 e.